The third-order valence-corrected chi connectivity index (χ3v) is 3.74. The summed E-state index contributed by atoms with van der Waals surface area (Å²) in [6, 6.07) is 11.7. The average molecular weight is 364 g/mol. The normalized spacial score (nSPS) is 11.6. The number of pyridine rings is 1. The highest BCUT2D eigenvalue weighted by atomic mass is 16.3. The molecule has 1 amide bonds. The maximum absolute atomic E-state index is 12.5. The van der Waals surface area contributed by atoms with E-state index in [4.69, 9.17) is 5.73 Å². The Morgan fingerprint density at radius 1 is 1.19 bits per heavy atom. The van der Waals surface area contributed by atoms with E-state index in [1.54, 1.807) is 49.6 Å². The molecule has 0 aliphatic heterocycles. The van der Waals surface area contributed by atoms with Gasteiger partial charge in [0.05, 0.1) is 12.3 Å². The lowest BCUT2D eigenvalue weighted by Gasteiger charge is -2.14. The number of aliphatic hydroxyl groups excluding tert-OH is 1. The van der Waals surface area contributed by atoms with Crippen LogP contribution in [0.5, 0.6) is 0 Å². The number of carbonyl (C=O) groups excluding carboxylic acids is 1. The molecule has 1 atom stereocenters. The molecule has 0 unspecified atom stereocenters. The van der Waals surface area contributed by atoms with Crippen molar-refractivity contribution in [3.63, 3.8) is 0 Å². The average Bonchev–Trinajstić information content (AvgIpc) is 2.68. The van der Waals surface area contributed by atoms with E-state index in [1.165, 1.54) is 0 Å². The molecule has 0 saturated carbocycles. The van der Waals surface area contributed by atoms with Gasteiger partial charge < -0.3 is 21.5 Å². The molecule has 0 bridgehead atoms. The molecule has 138 valence electrons. The molecule has 8 heteroatoms. The number of nitrogens with two attached hydrogens (primary N) is 1. The second-order valence-corrected chi connectivity index (χ2v) is 6.01. The molecule has 0 aliphatic carbocycles. The van der Waals surface area contributed by atoms with Crippen LogP contribution in [0.2, 0.25) is 0 Å². The Morgan fingerprint density at radius 2 is 1.96 bits per heavy atom. The van der Waals surface area contributed by atoms with Gasteiger partial charge in [0.2, 0.25) is 5.95 Å². The number of nitrogen functional groups attached to an aromatic ring is 1. The number of hydrogen-bond acceptors (Lipinski definition) is 7. The van der Waals surface area contributed by atoms with Crippen molar-refractivity contribution >= 4 is 23.4 Å². The third kappa shape index (κ3) is 4.77. The van der Waals surface area contributed by atoms with Gasteiger partial charge in [0, 0.05) is 41.3 Å². The summed E-state index contributed by atoms with van der Waals surface area (Å²) in [7, 11) is 0. The molecule has 0 fully saturated rings. The highest BCUT2D eigenvalue weighted by Gasteiger charge is 2.12. The van der Waals surface area contributed by atoms with Crippen molar-refractivity contribution in [2.24, 2.45) is 0 Å². The summed E-state index contributed by atoms with van der Waals surface area (Å²) in [4.78, 5) is 25.3. The van der Waals surface area contributed by atoms with E-state index in [2.05, 4.69) is 25.6 Å². The van der Waals surface area contributed by atoms with E-state index in [0.717, 1.165) is 5.56 Å². The second-order valence-electron chi connectivity index (χ2n) is 6.01. The predicted molar refractivity (Wildman–Crippen MR) is 104 cm³/mol. The number of anilines is 3. The quantitative estimate of drug-likeness (QED) is 0.494. The lowest BCUT2D eigenvalue weighted by atomic mass is 10.2. The van der Waals surface area contributed by atoms with Crippen molar-refractivity contribution in [1.29, 1.82) is 0 Å². The minimum Gasteiger partial charge on any atom is -0.399 e. The Labute approximate surface area is 156 Å². The summed E-state index contributed by atoms with van der Waals surface area (Å²) >= 11 is 0. The number of aliphatic hydroxyl groups is 1. The van der Waals surface area contributed by atoms with Crippen molar-refractivity contribution in [1.82, 2.24) is 15.0 Å². The number of nitrogens with one attached hydrogen (secondary N) is 2. The summed E-state index contributed by atoms with van der Waals surface area (Å²) in [5, 5.41) is 15.0. The Morgan fingerprint density at radius 3 is 2.67 bits per heavy atom. The van der Waals surface area contributed by atoms with E-state index in [9.17, 15) is 9.90 Å². The minimum absolute atomic E-state index is 0.0756. The van der Waals surface area contributed by atoms with Gasteiger partial charge in [-0.3, -0.25) is 9.78 Å². The molecule has 0 aliphatic rings. The van der Waals surface area contributed by atoms with Crippen LogP contribution in [0.4, 0.5) is 17.5 Å². The van der Waals surface area contributed by atoms with Crippen molar-refractivity contribution in [3.8, 4) is 11.3 Å². The highest BCUT2D eigenvalue weighted by molar-refractivity contribution is 6.04. The molecule has 27 heavy (non-hydrogen) atoms. The van der Waals surface area contributed by atoms with Crippen LogP contribution in [0.15, 0.2) is 54.9 Å². The summed E-state index contributed by atoms with van der Waals surface area (Å²) in [5.74, 6) is 0.299. The van der Waals surface area contributed by atoms with Gasteiger partial charge in [-0.25, -0.2) is 4.98 Å². The van der Waals surface area contributed by atoms with Gasteiger partial charge >= 0.3 is 0 Å². The van der Waals surface area contributed by atoms with Gasteiger partial charge in [0.15, 0.2) is 0 Å². The SMILES string of the molecule is C[C@H](CO)Nc1nc(NC(=O)c2cccc(N)c2)cc(-c2ccncc2)n1. The maximum atomic E-state index is 12.5. The zero-order chi connectivity index (χ0) is 19.2. The van der Waals surface area contributed by atoms with Crippen LogP contribution in [0, 0.1) is 0 Å². The predicted octanol–water partition coefficient (Wildman–Crippen LogP) is 2.17. The Kier molecular flexibility index (Phi) is 5.58. The third-order valence-electron chi connectivity index (χ3n) is 3.74. The van der Waals surface area contributed by atoms with E-state index < -0.39 is 0 Å². The zero-order valence-corrected chi connectivity index (χ0v) is 14.8. The maximum Gasteiger partial charge on any atom is 0.256 e. The van der Waals surface area contributed by atoms with E-state index in [0.29, 0.717) is 28.7 Å². The van der Waals surface area contributed by atoms with Crippen LogP contribution >= 0.6 is 0 Å². The summed E-state index contributed by atoms with van der Waals surface area (Å²) < 4.78 is 0. The first-order chi connectivity index (χ1) is 13.0. The topological polar surface area (TPSA) is 126 Å². The minimum atomic E-state index is -0.331. The van der Waals surface area contributed by atoms with Crippen LogP contribution in [-0.4, -0.2) is 38.6 Å². The molecule has 3 rings (SSSR count). The molecule has 2 aromatic heterocycles. The molecule has 5 N–H and O–H groups in total. The molecule has 2 heterocycles. The summed E-state index contributed by atoms with van der Waals surface area (Å²) in [6.07, 6.45) is 3.32. The van der Waals surface area contributed by atoms with Crippen molar-refractivity contribution < 1.29 is 9.90 Å². The first-order valence-corrected chi connectivity index (χ1v) is 8.39. The van der Waals surface area contributed by atoms with Crippen molar-refractivity contribution in [3.05, 3.63) is 60.4 Å². The molecule has 3 aromatic rings. The van der Waals surface area contributed by atoms with E-state index in [1.807, 2.05) is 12.1 Å². The molecular formula is C19H20N6O2. The number of benzene rings is 1. The molecule has 0 saturated heterocycles. The highest BCUT2D eigenvalue weighted by Crippen LogP contribution is 2.21. The molecule has 1 aromatic carbocycles. The fourth-order valence-corrected chi connectivity index (χ4v) is 2.38. The van der Waals surface area contributed by atoms with Crippen LogP contribution in [0.3, 0.4) is 0 Å². The van der Waals surface area contributed by atoms with Crippen molar-refractivity contribution in [2.75, 3.05) is 23.0 Å². The van der Waals surface area contributed by atoms with Crippen LogP contribution in [-0.2, 0) is 0 Å². The largest absolute Gasteiger partial charge is 0.399 e. The first kappa shape index (κ1) is 18.3. The zero-order valence-electron chi connectivity index (χ0n) is 14.8. The Bertz CT molecular complexity index is 932. The second kappa shape index (κ2) is 8.24. The lowest BCUT2D eigenvalue weighted by molar-refractivity contribution is 0.102. The van der Waals surface area contributed by atoms with Gasteiger partial charge in [-0.1, -0.05) is 6.07 Å². The fourth-order valence-electron chi connectivity index (χ4n) is 2.38. The fraction of sp³-hybridized carbons (Fsp3) is 0.158. The number of aromatic nitrogens is 3. The van der Waals surface area contributed by atoms with Gasteiger partial charge in [-0.15, -0.1) is 0 Å². The summed E-state index contributed by atoms with van der Waals surface area (Å²) in [6.45, 7) is 1.72. The van der Waals surface area contributed by atoms with E-state index in [-0.39, 0.29) is 18.6 Å². The Hall–Kier alpha value is -3.52. The van der Waals surface area contributed by atoms with Crippen LogP contribution in [0.25, 0.3) is 11.3 Å². The first-order valence-electron chi connectivity index (χ1n) is 8.39. The summed E-state index contributed by atoms with van der Waals surface area (Å²) in [5.41, 5.74) is 8.11. The monoisotopic (exact) mass is 364 g/mol. The molecule has 8 nitrogen and oxygen atoms in total. The van der Waals surface area contributed by atoms with Gasteiger partial charge in [-0.2, -0.15) is 4.98 Å². The Balaban J connectivity index is 1.93. The molecule has 0 spiro atoms. The lowest BCUT2D eigenvalue weighted by Crippen LogP contribution is -2.22. The van der Waals surface area contributed by atoms with E-state index >= 15 is 0 Å². The number of hydrogen-bond donors (Lipinski definition) is 4. The number of rotatable bonds is 6. The number of carbonyl (C=O) groups is 1. The van der Waals surface area contributed by atoms with Gasteiger partial charge in [-0.05, 0) is 37.3 Å². The molecule has 0 radical (unpaired) electrons. The number of amides is 1. The van der Waals surface area contributed by atoms with Crippen LogP contribution < -0.4 is 16.4 Å². The molecular weight excluding hydrogens is 344 g/mol. The van der Waals surface area contributed by atoms with Crippen LogP contribution in [0.1, 0.15) is 17.3 Å². The van der Waals surface area contributed by atoms with Crippen molar-refractivity contribution in [2.45, 2.75) is 13.0 Å². The standard InChI is InChI=1S/C19H20N6O2/c1-12(11-26)22-19-23-16(13-5-7-21-8-6-13)10-17(25-19)24-18(27)14-3-2-4-15(20)9-14/h2-10,12,26H,11,20H2,1H3,(H2,22,23,24,25,27)/t12-/m1/s1. The van der Waals surface area contributed by atoms with Gasteiger partial charge in [0.25, 0.3) is 5.91 Å². The van der Waals surface area contributed by atoms with Gasteiger partial charge in [0.1, 0.15) is 5.82 Å². The smallest absolute Gasteiger partial charge is 0.256 e. The number of nitrogens with zero attached hydrogens (tertiary/aromatic N) is 3.